The lowest BCUT2D eigenvalue weighted by Gasteiger charge is -2.27. The lowest BCUT2D eigenvalue weighted by Crippen LogP contribution is -2.29. The summed E-state index contributed by atoms with van der Waals surface area (Å²) in [6.45, 7) is 0. The van der Waals surface area contributed by atoms with E-state index in [-0.39, 0.29) is 17.3 Å². The Morgan fingerprint density at radius 1 is 1.21 bits per heavy atom. The molecule has 5 rings (SSSR count). The van der Waals surface area contributed by atoms with E-state index in [4.69, 9.17) is 4.74 Å². The molecule has 0 saturated heterocycles. The van der Waals surface area contributed by atoms with Crippen LogP contribution >= 0.6 is 0 Å². The summed E-state index contributed by atoms with van der Waals surface area (Å²) in [7, 11) is 1.29. The number of H-pyrrole nitrogens is 1. The Kier molecular flexibility index (Phi) is 4.63. The summed E-state index contributed by atoms with van der Waals surface area (Å²) in [6, 6.07) is 11.8. The van der Waals surface area contributed by atoms with E-state index < -0.39 is 22.5 Å². The lowest BCUT2D eigenvalue weighted by molar-refractivity contribution is -0.384. The molecule has 1 unspecified atom stereocenters. The maximum Gasteiger partial charge on any atom is 0.337 e. The molecule has 0 spiro atoms. The van der Waals surface area contributed by atoms with Gasteiger partial charge in [0.2, 0.25) is 5.95 Å². The van der Waals surface area contributed by atoms with Crippen LogP contribution in [0.3, 0.4) is 0 Å². The normalized spacial score (nSPS) is 14.0. The fourth-order valence-electron chi connectivity index (χ4n) is 3.75. The van der Waals surface area contributed by atoms with Crippen LogP contribution in [0.5, 0.6) is 0 Å². The average molecular weight is 446 g/mol. The molecule has 2 aromatic heterocycles. The minimum atomic E-state index is -0.706. The maximum absolute atomic E-state index is 12.7. The highest BCUT2D eigenvalue weighted by molar-refractivity contribution is 5.89. The van der Waals surface area contributed by atoms with Crippen LogP contribution in [0.15, 0.2) is 53.3 Å². The number of anilines is 2. The van der Waals surface area contributed by atoms with Gasteiger partial charge in [0.1, 0.15) is 11.7 Å². The third-order valence-corrected chi connectivity index (χ3v) is 5.25. The molecule has 2 N–H and O–H groups in total. The second-order valence-corrected chi connectivity index (χ2v) is 7.09. The van der Waals surface area contributed by atoms with Crippen molar-refractivity contribution in [2.45, 2.75) is 6.04 Å². The van der Waals surface area contributed by atoms with Crippen molar-refractivity contribution in [1.29, 1.82) is 0 Å². The summed E-state index contributed by atoms with van der Waals surface area (Å²) in [5, 5.41) is 32.5. The van der Waals surface area contributed by atoms with Crippen molar-refractivity contribution in [2.24, 2.45) is 0 Å². The predicted molar refractivity (Wildman–Crippen MR) is 113 cm³/mol. The molecule has 0 fully saturated rings. The molecule has 0 radical (unpaired) electrons. The van der Waals surface area contributed by atoms with E-state index in [1.807, 2.05) is 0 Å². The lowest BCUT2D eigenvalue weighted by atomic mass is 9.92. The fraction of sp³-hybridized carbons (Fsp3) is 0.100. The smallest absolute Gasteiger partial charge is 0.337 e. The zero-order chi connectivity index (χ0) is 23.1. The molecular formula is C20H14N8O5. The third kappa shape index (κ3) is 3.27. The van der Waals surface area contributed by atoms with E-state index in [9.17, 15) is 19.7 Å². The van der Waals surface area contributed by atoms with Gasteiger partial charge in [-0.05, 0) is 28.1 Å². The number of ether oxygens (including phenoxy) is 1. The van der Waals surface area contributed by atoms with Crippen molar-refractivity contribution < 1.29 is 14.5 Å². The van der Waals surface area contributed by atoms with Crippen LogP contribution in [0.25, 0.3) is 11.3 Å². The number of methoxy groups -OCH3 is 1. The van der Waals surface area contributed by atoms with Crippen LogP contribution in [-0.2, 0) is 4.74 Å². The molecule has 1 aliphatic rings. The molecule has 0 amide bonds. The highest BCUT2D eigenvalue weighted by atomic mass is 16.6. The number of carbonyl (C=O) groups is 1. The first-order valence-electron chi connectivity index (χ1n) is 9.58. The molecule has 1 atom stereocenters. The van der Waals surface area contributed by atoms with E-state index in [1.165, 1.54) is 30.0 Å². The predicted octanol–water partition coefficient (Wildman–Crippen LogP) is 1.81. The van der Waals surface area contributed by atoms with Crippen molar-refractivity contribution in [3.63, 3.8) is 0 Å². The van der Waals surface area contributed by atoms with Gasteiger partial charge in [-0.1, -0.05) is 29.4 Å². The van der Waals surface area contributed by atoms with Crippen LogP contribution < -0.4 is 10.9 Å². The summed E-state index contributed by atoms with van der Waals surface area (Å²) >= 11 is 0. The molecule has 3 heterocycles. The third-order valence-electron chi connectivity index (χ3n) is 5.25. The number of hydrogen-bond acceptors (Lipinski definition) is 10. The Bertz CT molecular complexity index is 1460. The van der Waals surface area contributed by atoms with E-state index in [0.29, 0.717) is 27.9 Å². The van der Waals surface area contributed by atoms with Crippen molar-refractivity contribution in [3.8, 4) is 11.3 Å². The second kappa shape index (κ2) is 7.64. The van der Waals surface area contributed by atoms with Gasteiger partial charge in [0, 0.05) is 23.3 Å². The van der Waals surface area contributed by atoms with E-state index in [0.717, 1.165) is 0 Å². The highest BCUT2D eigenvalue weighted by Gasteiger charge is 2.34. The number of nitro groups is 1. The minimum absolute atomic E-state index is 0.125. The first-order chi connectivity index (χ1) is 16.0. The summed E-state index contributed by atoms with van der Waals surface area (Å²) in [5.74, 6) is -0.267. The standard InChI is InChI=1S/C20H14N8O5/c1-33-19(30)11-7-5-10(6-8-11)17-14-15(12-3-2-4-13(9-12)28(31)32)22-23-18(29)16(14)21-20-24-25-26-27(17)20/h2-9,17H,1H3,(H,23,29)(H,21,24,26). The number of fused-ring (bicyclic) bond motifs is 2. The number of rotatable bonds is 4. The maximum atomic E-state index is 12.7. The van der Waals surface area contributed by atoms with Gasteiger partial charge in [-0.25, -0.2) is 9.89 Å². The number of benzene rings is 2. The Labute approximate surface area is 184 Å². The van der Waals surface area contributed by atoms with Crippen molar-refractivity contribution in [1.82, 2.24) is 30.4 Å². The first-order valence-corrected chi connectivity index (χ1v) is 9.58. The second-order valence-electron chi connectivity index (χ2n) is 7.09. The zero-order valence-corrected chi connectivity index (χ0v) is 16.9. The fourth-order valence-corrected chi connectivity index (χ4v) is 3.75. The van der Waals surface area contributed by atoms with Gasteiger partial charge < -0.3 is 10.1 Å². The molecule has 0 aliphatic carbocycles. The highest BCUT2D eigenvalue weighted by Crippen LogP contribution is 2.41. The van der Waals surface area contributed by atoms with Crippen LogP contribution in [0.1, 0.15) is 27.5 Å². The molecule has 4 aromatic rings. The largest absolute Gasteiger partial charge is 0.465 e. The average Bonchev–Trinajstić information content (AvgIpc) is 3.31. The van der Waals surface area contributed by atoms with Gasteiger partial charge in [-0.3, -0.25) is 14.9 Å². The molecule has 1 aliphatic heterocycles. The van der Waals surface area contributed by atoms with Gasteiger partial charge in [0.15, 0.2) is 0 Å². The number of hydrogen-bond donors (Lipinski definition) is 2. The van der Waals surface area contributed by atoms with E-state index in [2.05, 4.69) is 31.0 Å². The molecule has 33 heavy (non-hydrogen) atoms. The Balaban J connectivity index is 1.74. The summed E-state index contributed by atoms with van der Waals surface area (Å²) < 4.78 is 6.22. The Morgan fingerprint density at radius 2 is 2.00 bits per heavy atom. The number of non-ortho nitro benzene ring substituents is 1. The summed E-state index contributed by atoms with van der Waals surface area (Å²) in [5.41, 5.74) is 1.67. The van der Waals surface area contributed by atoms with Gasteiger partial charge in [0.25, 0.3) is 11.2 Å². The van der Waals surface area contributed by atoms with Gasteiger partial charge in [-0.15, -0.1) is 0 Å². The number of nitrogens with zero attached hydrogens (tertiary/aromatic N) is 6. The van der Waals surface area contributed by atoms with Gasteiger partial charge in [0.05, 0.1) is 23.3 Å². The summed E-state index contributed by atoms with van der Waals surface area (Å²) in [6.07, 6.45) is 0. The number of nitro benzene ring substituents is 1. The number of carbonyl (C=O) groups excluding carboxylic acids is 1. The Morgan fingerprint density at radius 3 is 2.73 bits per heavy atom. The zero-order valence-electron chi connectivity index (χ0n) is 16.9. The molecule has 0 saturated carbocycles. The number of tetrazole rings is 1. The number of nitrogens with one attached hydrogen (secondary N) is 2. The first kappa shape index (κ1) is 20.0. The van der Waals surface area contributed by atoms with Crippen LogP contribution in [-0.4, -0.2) is 48.4 Å². The molecule has 164 valence electrons. The molecule has 2 aromatic carbocycles. The van der Waals surface area contributed by atoms with E-state index >= 15 is 0 Å². The number of esters is 1. The van der Waals surface area contributed by atoms with Crippen LogP contribution in [0.4, 0.5) is 17.3 Å². The van der Waals surface area contributed by atoms with E-state index in [1.54, 1.807) is 30.3 Å². The Hall–Kier alpha value is -4.94. The molecular weight excluding hydrogens is 432 g/mol. The number of aromatic nitrogens is 6. The van der Waals surface area contributed by atoms with Crippen molar-refractivity contribution >= 4 is 23.3 Å². The molecule has 0 bridgehead atoms. The number of aromatic amines is 1. The van der Waals surface area contributed by atoms with Crippen molar-refractivity contribution in [3.05, 3.63) is 85.7 Å². The van der Waals surface area contributed by atoms with Crippen LogP contribution in [0, 0.1) is 10.1 Å². The van der Waals surface area contributed by atoms with Gasteiger partial charge >= 0.3 is 5.97 Å². The topological polar surface area (TPSA) is 171 Å². The minimum Gasteiger partial charge on any atom is -0.465 e. The summed E-state index contributed by atoms with van der Waals surface area (Å²) in [4.78, 5) is 35.3. The van der Waals surface area contributed by atoms with Crippen LogP contribution in [0.2, 0.25) is 0 Å². The SMILES string of the molecule is COC(=O)c1ccc(C2c3c(-c4cccc([N+](=O)[O-])c4)n[nH]c(=O)c3Nc3nnnn32)cc1. The van der Waals surface area contributed by atoms with Crippen molar-refractivity contribution in [2.75, 3.05) is 12.4 Å². The monoisotopic (exact) mass is 446 g/mol. The molecule has 13 nitrogen and oxygen atoms in total. The molecule has 13 heteroatoms. The quantitative estimate of drug-likeness (QED) is 0.236. The van der Waals surface area contributed by atoms with Gasteiger partial charge in [-0.2, -0.15) is 9.78 Å².